The Morgan fingerprint density at radius 3 is 2.06 bits per heavy atom. The van der Waals surface area contributed by atoms with Crippen molar-refractivity contribution >= 4 is 55.6 Å². The number of benzene rings is 2. The number of esters is 1. The number of piperidine rings is 1. The Morgan fingerprint density at radius 1 is 1.06 bits per heavy atom. The maximum Gasteiger partial charge on any atom is 1.00 e. The molecule has 0 bridgehead atoms. The first kappa shape index (κ1) is 48.0. The minimum atomic E-state index is -0.663. The number of nitriles is 3. The van der Waals surface area contributed by atoms with Crippen molar-refractivity contribution in [2.75, 3.05) is 13.2 Å². The van der Waals surface area contributed by atoms with Crippen LogP contribution < -0.4 is 56.7 Å². The molecule has 1 aromatic heterocycles. The SMILES string of the molecule is CCO.Cl.Cl.N#CCc1[nH]c(=S)n2c1[C@@H]1C[C@]1(c1cc(F)ccc1F)C2.N#COC(=O)C1NC[C@@]2(c3cc(F)ccc3F)C[C@@H]12.N#CS.O.[K+]. The fraction of sp³-hybridized carbons (Fsp3) is 0.387. The molecule has 10 nitrogen and oxygen atoms in total. The van der Waals surface area contributed by atoms with Crippen LogP contribution in [-0.4, -0.2) is 45.3 Å². The number of thiol groups is 1. The Labute approximate surface area is 351 Å². The maximum absolute atomic E-state index is 14.1. The molecule has 5 atom stereocenters. The van der Waals surface area contributed by atoms with E-state index in [2.05, 4.69) is 33.7 Å². The topological polar surface area (TPSA) is 182 Å². The molecule has 2 saturated carbocycles. The number of hydrogen-bond acceptors (Lipinski definition) is 9. The van der Waals surface area contributed by atoms with Gasteiger partial charge in [-0.05, 0) is 85.4 Å². The number of carbonyl (C=O) groups is 1. The van der Waals surface area contributed by atoms with Crippen molar-refractivity contribution in [2.24, 2.45) is 5.92 Å². The molecule has 2 aliphatic carbocycles. The summed E-state index contributed by atoms with van der Waals surface area (Å²) in [6, 6.07) is 8.43. The number of ether oxygens (including phenoxy) is 1. The molecule has 0 spiro atoms. The van der Waals surface area contributed by atoms with Gasteiger partial charge in [0, 0.05) is 42.1 Å². The summed E-state index contributed by atoms with van der Waals surface area (Å²) in [7, 11) is 0. The molecule has 3 aromatic rings. The van der Waals surface area contributed by atoms with E-state index in [-0.39, 0.29) is 118 Å². The molecule has 4 aliphatic rings. The van der Waals surface area contributed by atoms with Gasteiger partial charge in [-0.1, -0.05) is 12.6 Å². The van der Waals surface area contributed by atoms with Crippen LogP contribution in [0.4, 0.5) is 17.6 Å². The van der Waals surface area contributed by atoms with Crippen molar-refractivity contribution in [3.8, 4) is 17.7 Å². The number of H-pyrrole nitrogens is 1. The summed E-state index contributed by atoms with van der Waals surface area (Å²) >= 11 is 8.37. The number of carbonyl (C=O) groups excluding carboxylic acids is 1. The van der Waals surface area contributed by atoms with Gasteiger partial charge in [0.2, 0.25) is 0 Å². The molecule has 19 heteroatoms. The Morgan fingerprint density at radius 2 is 1.58 bits per heavy atom. The number of aromatic nitrogens is 2. The van der Waals surface area contributed by atoms with Crippen LogP contribution in [-0.2, 0) is 33.3 Å². The number of nitrogens with one attached hydrogen (secondary N) is 2. The third-order valence-electron chi connectivity index (χ3n) is 8.71. The van der Waals surface area contributed by atoms with Crippen LogP contribution in [0, 0.1) is 67.5 Å². The van der Waals surface area contributed by atoms with E-state index in [0.29, 0.717) is 29.8 Å². The molecule has 1 saturated heterocycles. The number of thiocyanates is 1. The molecular weight excluding hydrogens is 771 g/mol. The van der Waals surface area contributed by atoms with Gasteiger partial charge in [-0.3, -0.25) is 0 Å². The fourth-order valence-corrected chi connectivity index (χ4v) is 7.02. The fourth-order valence-electron chi connectivity index (χ4n) is 6.73. The molecule has 3 heterocycles. The summed E-state index contributed by atoms with van der Waals surface area (Å²) in [5, 5.41) is 36.3. The second kappa shape index (κ2) is 20.3. The molecule has 7 rings (SSSR count). The van der Waals surface area contributed by atoms with Crippen LogP contribution in [0.15, 0.2) is 36.4 Å². The number of nitrogens with zero attached hydrogens (tertiary/aromatic N) is 4. The average Bonchev–Trinajstić information content (AvgIpc) is 3.80. The summed E-state index contributed by atoms with van der Waals surface area (Å²) in [5.41, 5.74) is 1.57. The van der Waals surface area contributed by atoms with Crippen molar-refractivity contribution in [1.29, 1.82) is 15.8 Å². The smallest absolute Gasteiger partial charge is 0.412 e. The number of aliphatic hydroxyl groups excluding tert-OH is 1. The van der Waals surface area contributed by atoms with Crippen molar-refractivity contribution in [2.45, 2.75) is 55.5 Å². The molecular formula is C31H32Cl2F4KN6O4S2+. The number of fused-ring (bicyclic) bond motifs is 4. The van der Waals surface area contributed by atoms with E-state index in [4.69, 9.17) is 33.1 Å². The molecule has 2 aromatic carbocycles. The second-order valence-corrected chi connectivity index (χ2v) is 11.7. The molecule has 3 fully saturated rings. The van der Waals surface area contributed by atoms with E-state index in [9.17, 15) is 22.4 Å². The van der Waals surface area contributed by atoms with Crippen LogP contribution in [0.25, 0.3) is 0 Å². The zero-order valence-electron chi connectivity index (χ0n) is 26.7. The molecule has 0 amide bonds. The van der Waals surface area contributed by atoms with Gasteiger partial charge in [0.25, 0.3) is 6.26 Å². The Hall–Kier alpha value is -2.02. The van der Waals surface area contributed by atoms with E-state index in [1.165, 1.54) is 29.9 Å². The number of rotatable bonds is 4. The normalized spacial score (nSPS) is 23.1. The van der Waals surface area contributed by atoms with Crippen LogP contribution >= 0.6 is 49.7 Å². The number of hydrogen-bond donors (Lipinski definition) is 4. The van der Waals surface area contributed by atoms with Crippen molar-refractivity contribution in [3.05, 3.63) is 87.0 Å². The zero-order valence-corrected chi connectivity index (χ0v) is 33.1. The first-order valence-corrected chi connectivity index (χ1v) is 14.9. The van der Waals surface area contributed by atoms with Gasteiger partial charge in [-0.25, -0.2) is 22.4 Å². The first-order chi connectivity index (χ1) is 22.0. The Bertz CT molecular complexity index is 1850. The van der Waals surface area contributed by atoms with Gasteiger partial charge >= 0.3 is 57.4 Å². The predicted molar refractivity (Wildman–Crippen MR) is 179 cm³/mol. The minimum Gasteiger partial charge on any atom is -0.412 e. The van der Waals surface area contributed by atoms with Gasteiger partial charge in [0.15, 0.2) is 4.77 Å². The van der Waals surface area contributed by atoms with Gasteiger partial charge in [0.05, 0.1) is 18.2 Å². The second-order valence-electron chi connectivity index (χ2n) is 11.1. The third kappa shape index (κ3) is 9.49. The predicted octanol–water partition coefficient (Wildman–Crippen LogP) is 1.97. The van der Waals surface area contributed by atoms with Crippen molar-refractivity contribution < 1.29 is 89.1 Å². The Kier molecular flexibility index (Phi) is 19.5. The summed E-state index contributed by atoms with van der Waals surface area (Å²) in [5.74, 6) is -2.47. The summed E-state index contributed by atoms with van der Waals surface area (Å²) in [6.07, 6.45) is 2.95. The summed E-state index contributed by atoms with van der Waals surface area (Å²) < 4.78 is 61.4. The van der Waals surface area contributed by atoms with E-state index >= 15 is 0 Å². The molecule has 5 N–H and O–H groups in total. The summed E-state index contributed by atoms with van der Waals surface area (Å²) in [4.78, 5) is 14.6. The van der Waals surface area contributed by atoms with E-state index in [1.807, 2.05) is 4.57 Å². The standard InChI is InChI=1S/C15H11F2N3S.C13H10F2N2O2.C2H6O.CHNS.2ClH.K.H2O/c16-8-1-2-11(17)9(5-8)15-6-10(15)13-12(3-4-18)19-14(21)20(13)7-15;14-7-1-2-10(15)8(3-7)13-4-9(13)11(17-5-13)12(18)19-6-16;1-2-3;2-1-3;;;;/h1-2,5,10H,3,6-7H2,(H,19,21);1-3,9,11,17H,4-5H2;3H,2H2,1H3;3H;2*1H;;1H2/q;;;;;;+1;/t10-,15+;9-,11?,13+;;;;;;/m00....../s1. The zero-order chi connectivity index (χ0) is 33.8. The van der Waals surface area contributed by atoms with Crippen LogP contribution in [0.3, 0.4) is 0 Å². The largest absolute Gasteiger partial charge is 1.00 e. The summed E-state index contributed by atoms with van der Waals surface area (Å²) in [6.45, 7) is 2.86. The van der Waals surface area contributed by atoms with Crippen LogP contribution in [0.5, 0.6) is 0 Å². The molecule has 1 unspecified atom stereocenters. The van der Waals surface area contributed by atoms with Crippen LogP contribution in [0.1, 0.15) is 48.2 Å². The number of imidazole rings is 1. The van der Waals surface area contributed by atoms with Crippen molar-refractivity contribution in [1.82, 2.24) is 14.9 Å². The number of aromatic amines is 1. The van der Waals surface area contributed by atoms with E-state index in [0.717, 1.165) is 36.0 Å². The quantitative estimate of drug-likeness (QED) is 0.0772. The first-order valence-electron chi connectivity index (χ1n) is 14.0. The van der Waals surface area contributed by atoms with Gasteiger partial charge in [0.1, 0.15) is 34.7 Å². The molecule has 2 aliphatic heterocycles. The van der Waals surface area contributed by atoms with E-state index < -0.39 is 40.3 Å². The minimum absolute atomic E-state index is 0. The van der Waals surface area contributed by atoms with Gasteiger partial charge < -0.3 is 30.2 Å². The number of aliphatic hydroxyl groups is 1. The van der Waals surface area contributed by atoms with E-state index in [1.54, 1.807) is 6.92 Å². The van der Waals surface area contributed by atoms with Crippen LogP contribution in [0.2, 0.25) is 0 Å². The van der Waals surface area contributed by atoms with Gasteiger partial charge in [-0.15, -0.1) is 30.1 Å². The van der Waals surface area contributed by atoms with Crippen molar-refractivity contribution in [3.63, 3.8) is 0 Å². The number of halogens is 6. The van der Waals surface area contributed by atoms with Gasteiger partial charge in [-0.2, -0.15) is 10.5 Å². The maximum atomic E-state index is 14.1. The molecule has 0 radical (unpaired) electrons. The molecule has 264 valence electrons. The average molecular weight is 803 g/mol. The molecule has 50 heavy (non-hydrogen) atoms. The monoisotopic (exact) mass is 801 g/mol. The third-order valence-corrected chi connectivity index (χ3v) is 9.03. The Balaban J connectivity index is 0.000000779.